The van der Waals surface area contributed by atoms with Gasteiger partial charge in [-0.2, -0.15) is 0 Å². The second-order valence-electron chi connectivity index (χ2n) is 3.43. The van der Waals surface area contributed by atoms with Gasteiger partial charge in [0, 0.05) is 30.3 Å². The van der Waals surface area contributed by atoms with E-state index in [1.807, 2.05) is 30.0 Å². The third kappa shape index (κ3) is 2.19. The lowest BCUT2D eigenvalue weighted by atomic mass is 10.2. The van der Waals surface area contributed by atoms with E-state index in [0.29, 0.717) is 0 Å². The van der Waals surface area contributed by atoms with Crippen molar-refractivity contribution in [2.75, 3.05) is 11.4 Å². The predicted molar refractivity (Wildman–Crippen MR) is 63.3 cm³/mol. The molecule has 0 bridgehead atoms. The van der Waals surface area contributed by atoms with Crippen molar-refractivity contribution in [2.45, 2.75) is 6.92 Å². The fourth-order valence-electron chi connectivity index (χ4n) is 1.68. The zero-order valence-corrected chi connectivity index (χ0v) is 9.10. The first-order chi connectivity index (χ1) is 7.81. The summed E-state index contributed by atoms with van der Waals surface area (Å²) in [6, 6.07) is 10.4. The van der Waals surface area contributed by atoms with Gasteiger partial charge < -0.3 is 4.90 Å². The van der Waals surface area contributed by atoms with Crippen molar-refractivity contribution in [3.05, 3.63) is 54.6 Å². The van der Waals surface area contributed by atoms with Crippen molar-refractivity contribution in [1.82, 2.24) is 4.98 Å². The molecule has 3 heteroatoms. The van der Waals surface area contributed by atoms with Crippen LogP contribution in [0.2, 0.25) is 0 Å². The first-order valence-corrected chi connectivity index (χ1v) is 5.24. The molecule has 0 aliphatic heterocycles. The average molecular weight is 216 g/mol. The number of anilines is 2. The van der Waals surface area contributed by atoms with Crippen LogP contribution in [0.5, 0.6) is 0 Å². The SMILES string of the molecule is CCN(c1ccncc1)c1cccc(F)c1. The van der Waals surface area contributed by atoms with Crippen molar-refractivity contribution < 1.29 is 4.39 Å². The Morgan fingerprint density at radius 1 is 1.12 bits per heavy atom. The van der Waals surface area contributed by atoms with Gasteiger partial charge in [0.25, 0.3) is 0 Å². The van der Waals surface area contributed by atoms with Crippen LogP contribution in [0.3, 0.4) is 0 Å². The van der Waals surface area contributed by atoms with Crippen LogP contribution in [0.4, 0.5) is 15.8 Å². The number of halogens is 1. The van der Waals surface area contributed by atoms with Crippen LogP contribution in [-0.2, 0) is 0 Å². The van der Waals surface area contributed by atoms with Crippen molar-refractivity contribution in [3.8, 4) is 0 Å². The van der Waals surface area contributed by atoms with E-state index >= 15 is 0 Å². The summed E-state index contributed by atoms with van der Waals surface area (Å²) >= 11 is 0. The van der Waals surface area contributed by atoms with Gasteiger partial charge >= 0.3 is 0 Å². The molecule has 82 valence electrons. The highest BCUT2D eigenvalue weighted by molar-refractivity contribution is 5.62. The van der Waals surface area contributed by atoms with Gasteiger partial charge in [0.2, 0.25) is 0 Å². The molecular weight excluding hydrogens is 203 g/mol. The van der Waals surface area contributed by atoms with E-state index < -0.39 is 0 Å². The van der Waals surface area contributed by atoms with E-state index in [1.54, 1.807) is 18.5 Å². The number of benzene rings is 1. The Bertz CT molecular complexity index is 456. The van der Waals surface area contributed by atoms with Crippen molar-refractivity contribution >= 4 is 11.4 Å². The van der Waals surface area contributed by atoms with Gasteiger partial charge in [-0.15, -0.1) is 0 Å². The molecule has 0 unspecified atom stereocenters. The summed E-state index contributed by atoms with van der Waals surface area (Å²) < 4.78 is 13.1. The molecule has 1 aromatic carbocycles. The van der Waals surface area contributed by atoms with Crippen LogP contribution < -0.4 is 4.90 Å². The van der Waals surface area contributed by atoms with Gasteiger partial charge in [-0.1, -0.05) is 6.07 Å². The Kier molecular flexibility index (Phi) is 3.15. The second-order valence-corrected chi connectivity index (χ2v) is 3.43. The van der Waals surface area contributed by atoms with E-state index in [-0.39, 0.29) is 5.82 Å². The molecule has 0 saturated carbocycles. The third-order valence-corrected chi connectivity index (χ3v) is 2.41. The zero-order chi connectivity index (χ0) is 11.4. The smallest absolute Gasteiger partial charge is 0.125 e. The summed E-state index contributed by atoms with van der Waals surface area (Å²) in [4.78, 5) is 6.01. The van der Waals surface area contributed by atoms with Gasteiger partial charge in [-0.05, 0) is 37.3 Å². The molecule has 1 aromatic heterocycles. The van der Waals surface area contributed by atoms with E-state index in [9.17, 15) is 4.39 Å². The Balaban J connectivity index is 2.37. The average Bonchev–Trinajstić information content (AvgIpc) is 2.31. The minimum absolute atomic E-state index is 0.218. The quantitative estimate of drug-likeness (QED) is 0.781. The standard InChI is InChI=1S/C13H13FN2/c1-2-16(12-6-8-15-9-7-12)13-5-3-4-11(14)10-13/h3-10H,2H2,1H3. The maximum atomic E-state index is 13.1. The number of hydrogen-bond acceptors (Lipinski definition) is 2. The largest absolute Gasteiger partial charge is 0.342 e. The number of nitrogens with zero attached hydrogens (tertiary/aromatic N) is 2. The first-order valence-electron chi connectivity index (χ1n) is 5.24. The number of hydrogen-bond donors (Lipinski definition) is 0. The molecule has 0 radical (unpaired) electrons. The molecule has 0 atom stereocenters. The molecule has 0 spiro atoms. The van der Waals surface area contributed by atoms with Crippen molar-refractivity contribution in [3.63, 3.8) is 0 Å². The number of rotatable bonds is 3. The molecule has 1 heterocycles. The normalized spacial score (nSPS) is 10.1. The molecule has 0 fully saturated rings. The van der Waals surface area contributed by atoms with Crippen LogP contribution in [0.15, 0.2) is 48.8 Å². The minimum atomic E-state index is -0.218. The molecule has 0 N–H and O–H groups in total. The predicted octanol–water partition coefficient (Wildman–Crippen LogP) is 3.38. The second kappa shape index (κ2) is 4.75. The number of aromatic nitrogens is 1. The Morgan fingerprint density at radius 3 is 2.50 bits per heavy atom. The van der Waals surface area contributed by atoms with Gasteiger partial charge in [0.1, 0.15) is 5.82 Å². The molecule has 16 heavy (non-hydrogen) atoms. The molecule has 0 aliphatic rings. The van der Waals surface area contributed by atoms with Crippen LogP contribution in [0.1, 0.15) is 6.92 Å². The highest BCUT2D eigenvalue weighted by Crippen LogP contribution is 2.24. The summed E-state index contributed by atoms with van der Waals surface area (Å²) in [7, 11) is 0. The van der Waals surface area contributed by atoms with E-state index in [1.165, 1.54) is 12.1 Å². The molecule has 0 saturated heterocycles. The van der Waals surface area contributed by atoms with E-state index in [0.717, 1.165) is 17.9 Å². The molecule has 2 rings (SSSR count). The lowest BCUT2D eigenvalue weighted by Gasteiger charge is -2.22. The van der Waals surface area contributed by atoms with E-state index in [2.05, 4.69) is 4.98 Å². The van der Waals surface area contributed by atoms with Gasteiger partial charge in [-0.3, -0.25) is 4.98 Å². The lowest BCUT2D eigenvalue weighted by Crippen LogP contribution is -2.15. The van der Waals surface area contributed by atoms with Crippen LogP contribution in [-0.4, -0.2) is 11.5 Å². The monoisotopic (exact) mass is 216 g/mol. The molecule has 0 amide bonds. The number of pyridine rings is 1. The van der Waals surface area contributed by atoms with Crippen LogP contribution >= 0.6 is 0 Å². The van der Waals surface area contributed by atoms with E-state index in [4.69, 9.17) is 0 Å². The fourth-order valence-corrected chi connectivity index (χ4v) is 1.68. The van der Waals surface area contributed by atoms with Crippen LogP contribution in [0, 0.1) is 5.82 Å². The Labute approximate surface area is 94.4 Å². The van der Waals surface area contributed by atoms with Crippen molar-refractivity contribution in [2.24, 2.45) is 0 Å². The summed E-state index contributed by atoms with van der Waals surface area (Å²) in [5.41, 5.74) is 1.87. The molecular formula is C13H13FN2. The summed E-state index contributed by atoms with van der Waals surface area (Å²) in [5.74, 6) is -0.218. The Morgan fingerprint density at radius 2 is 1.88 bits per heavy atom. The highest BCUT2D eigenvalue weighted by Gasteiger charge is 2.06. The third-order valence-electron chi connectivity index (χ3n) is 2.41. The minimum Gasteiger partial charge on any atom is -0.342 e. The summed E-state index contributed by atoms with van der Waals surface area (Å²) in [5, 5.41) is 0. The zero-order valence-electron chi connectivity index (χ0n) is 9.10. The first kappa shape index (κ1) is 10.6. The van der Waals surface area contributed by atoms with Gasteiger partial charge in [-0.25, -0.2) is 4.39 Å². The maximum absolute atomic E-state index is 13.1. The summed E-state index contributed by atoms with van der Waals surface area (Å²) in [6.07, 6.45) is 3.47. The highest BCUT2D eigenvalue weighted by atomic mass is 19.1. The van der Waals surface area contributed by atoms with Gasteiger partial charge in [0.05, 0.1) is 0 Å². The summed E-state index contributed by atoms with van der Waals surface area (Å²) in [6.45, 7) is 2.82. The molecule has 0 aliphatic carbocycles. The topological polar surface area (TPSA) is 16.1 Å². The molecule has 2 nitrogen and oxygen atoms in total. The van der Waals surface area contributed by atoms with Crippen molar-refractivity contribution in [1.29, 1.82) is 0 Å². The maximum Gasteiger partial charge on any atom is 0.125 e. The Hall–Kier alpha value is -1.90. The van der Waals surface area contributed by atoms with Crippen LogP contribution in [0.25, 0.3) is 0 Å². The fraction of sp³-hybridized carbons (Fsp3) is 0.154. The van der Waals surface area contributed by atoms with Gasteiger partial charge in [0.15, 0.2) is 0 Å². The molecule has 2 aromatic rings. The lowest BCUT2D eigenvalue weighted by molar-refractivity contribution is 0.627.